The molecule has 1 aliphatic heterocycles. The van der Waals surface area contributed by atoms with E-state index in [4.69, 9.17) is 0 Å². The van der Waals surface area contributed by atoms with E-state index in [1.807, 2.05) is 18.2 Å². The monoisotopic (exact) mass is 459 g/mol. The van der Waals surface area contributed by atoms with E-state index in [2.05, 4.69) is 30.7 Å². The predicted octanol–water partition coefficient (Wildman–Crippen LogP) is 2.90. The topological polar surface area (TPSA) is 88.2 Å². The van der Waals surface area contributed by atoms with Crippen LogP contribution in [0.3, 0.4) is 0 Å². The van der Waals surface area contributed by atoms with Gasteiger partial charge in [-0.25, -0.2) is 27.7 Å². The number of aromatic nitrogens is 6. The number of nitrogens with one attached hydrogen (secondary N) is 2. The maximum atomic E-state index is 14.5. The zero-order chi connectivity index (χ0) is 23.2. The van der Waals surface area contributed by atoms with E-state index in [-0.39, 0.29) is 25.5 Å². The first-order chi connectivity index (χ1) is 15.9. The molecule has 9 nitrogen and oxygen atoms in total. The molecule has 0 spiro atoms. The summed E-state index contributed by atoms with van der Waals surface area (Å²) < 4.78 is 45.1. The zero-order valence-electron chi connectivity index (χ0n) is 18.3. The lowest BCUT2D eigenvalue weighted by molar-refractivity contribution is -0.0675. The van der Waals surface area contributed by atoms with Gasteiger partial charge in [0.15, 0.2) is 11.5 Å². The van der Waals surface area contributed by atoms with Crippen molar-refractivity contribution in [2.24, 2.45) is 0 Å². The standard InChI is InChI=1S/C21H24F3N9/c1-25-18-17-13(14-3-4-15-19(27-14)32(10-7-22)12-26-15)5-9-33(17)30-20(29-18)28-16-6-8-31(2)11-21(16,23)24/h3-5,9,12,16H,6-8,10-11H2,1-2H3,(H2,25,28,29,30). The van der Waals surface area contributed by atoms with Gasteiger partial charge in [-0.1, -0.05) is 0 Å². The molecule has 0 aromatic carbocycles. The Labute approximate surface area is 187 Å². The molecule has 0 aliphatic carbocycles. The Bertz CT molecular complexity index is 1300. The number of halogens is 3. The van der Waals surface area contributed by atoms with Crippen molar-refractivity contribution in [3.63, 3.8) is 0 Å². The van der Waals surface area contributed by atoms with Crippen LogP contribution in [-0.4, -0.2) is 79.9 Å². The molecule has 4 aromatic heterocycles. The number of hydrogen-bond donors (Lipinski definition) is 2. The highest BCUT2D eigenvalue weighted by molar-refractivity contribution is 5.89. The maximum absolute atomic E-state index is 14.5. The van der Waals surface area contributed by atoms with Gasteiger partial charge in [0, 0.05) is 25.4 Å². The van der Waals surface area contributed by atoms with Crippen LogP contribution in [0.4, 0.5) is 24.9 Å². The molecule has 1 unspecified atom stereocenters. The second-order valence-electron chi connectivity index (χ2n) is 8.21. The van der Waals surface area contributed by atoms with Crippen LogP contribution >= 0.6 is 0 Å². The Morgan fingerprint density at radius 1 is 1.21 bits per heavy atom. The van der Waals surface area contributed by atoms with Crippen LogP contribution in [0, 0.1) is 0 Å². The summed E-state index contributed by atoms with van der Waals surface area (Å²) in [5, 5.41) is 10.3. The average molecular weight is 459 g/mol. The molecule has 174 valence electrons. The van der Waals surface area contributed by atoms with Gasteiger partial charge in [0.05, 0.1) is 31.2 Å². The maximum Gasteiger partial charge on any atom is 0.280 e. The number of nitrogens with zero attached hydrogens (tertiary/aromatic N) is 7. The summed E-state index contributed by atoms with van der Waals surface area (Å²) in [6, 6.07) is 4.44. The summed E-state index contributed by atoms with van der Waals surface area (Å²) in [5.74, 6) is -2.30. The quantitative estimate of drug-likeness (QED) is 0.458. The van der Waals surface area contributed by atoms with Crippen molar-refractivity contribution < 1.29 is 13.2 Å². The normalized spacial score (nSPS) is 18.8. The fourth-order valence-corrected chi connectivity index (χ4v) is 4.25. The fourth-order valence-electron chi connectivity index (χ4n) is 4.25. The van der Waals surface area contributed by atoms with Crippen LogP contribution in [0.25, 0.3) is 27.9 Å². The van der Waals surface area contributed by atoms with E-state index >= 15 is 0 Å². The summed E-state index contributed by atoms with van der Waals surface area (Å²) >= 11 is 0. The van der Waals surface area contributed by atoms with Crippen molar-refractivity contribution in [1.29, 1.82) is 0 Å². The molecular weight excluding hydrogens is 435 g/mol. The number of pyridine rings is 1. The van der Waals surface area contributed by atoms with E-state index in [1.165, 1.54) is 0 Å². The molecule has 1 saturated heterocycles. The van der Waals surface area contributed by atoms with Crippen LogP contribution in [0.2, 0.25) is 0 Å². The SMILES string of the molecule is CNc1nc(NC2CCN(C)CC2(F)F)nn2ccc(-c3ccc4ncn(CCF)c4n3)c12. The average Bonchev–Trinajstić information content (AvgIpc) is 3.39. The number of likely N-dealkylation sites (tertiary alicyclic amines) is 1. The van der Waals surface area contributed by atoms with Crippen molar-refractivity contribution in [2.45, 2.75) is 24.9 Å². The number of fused-ring (bicyclic) bond motifs is 2. The van der Waals surface area contributed by atoms with Gasteiger partial charge in [0.1, 0.15) is 17.7 Å². The minimum Gasteiger partial charge on any atom is -0.371 e. The molecule has 1 fully saturated rings. The van der Waals surface area contributed by atoms with Crippen LogP contribution in [-0.2, 0) is 6.54 Å². The summed E-state index contributed by atoms with van der Waals surface area (Å²) in [6.45, 7) is -0.0941. The van der Waals surface area contributed by atoms with Crippen molar-refractivity contribution >= 4 is 28.4 Å². The third kappa shape index (κ3) is 3.84. The van der Waals surface area contributed by atoms with Gasteiger partial charge in [-0.15, -0.1) is 5.10 Å². The predicted molar refractivity (Wildman–Crippen MR) is 120 cm³/mol. The van der Waals surface area contributed by atoms with Crippen LogP contribution in [0.15, 0.2) is 30.7 Å². The minimum atomic E-state index is -2.89. The molecule has 1 aliphatic rings. The first-order valence-corrected chi connectivity index (χ1v) is 10.7. The molecule has 0 bridgehead atoms. The summed E-state index contributed by atoms with van der Waals surface area (Å²) in [5.41, 5.74) is 3.31. The lowest BCUT2D eigenvalue weighted by Gasteiger charge is -2.36. The van der Waals surface area contributed by atoms with Gasteiger partial charge in [0.25, 0.3) is 5.92 Å². The number of imidazole rings is 1. The molecule has 0 radical (unpaired) electrons. The fraction of sp³-hybridized carbons (Fsp3) is 0.429. The minimum absolute atomic E-state index is 0.118. The molecule has 0 amide bonds. The number of alkyl halides is 3. The Morgan fingerprint density at radius 3 is 2.82 bits per heavy atom. The molecule has 1 atom stereocenters. The number of anilines is 2. The van der Waals surface area contributed by atoms with E-state index in [0.717, 1.165) is 5.56 Å². The van der Waals surface area contributed by atoms with Gasteiger partial charge >= 0.3 is 0 Å². The van der Waals surface area contributed by atoms with E-state index in [9.17, 15) is 13.2 Å². The first-order valence-electron chi connectivity index (χ1n) is 10.7. The lowest BCUT2D eigenvalue weighted by Crippen LogP contribution is -2.53. The van der Waals surface area contributed by atoms with Crippen LogP contribution < -0.4 is 10.6 Å². The summed E-state index contributed by atoms with van der Waals surface area (Å²) in [4.78, 5) is 15.0. The molecule has 0 saturated carbocycles. The molecule has 5 heterocycles. The summed E-state index contributed by atoms with van der Waals surface area (Å²) in [7, 11) is 3.39. The van der Waals surface area contributed by atoms with Crippen molar-refractivity contribution in [1.82, 2.24) is 34.0 Å². The van der Waals surface area contributed by atoms with Gasteiger partial charge in [-0.2, -0.15) is 4.98 Å². The smallest absolute Gasteiger partial charge is 0.280 e. The first kappa shape index (κ1) is 21.4. The van der Waals surface area contributed by atoms with Crippen molar-refractivity contribution in [2.75, 3.05) is 44.5 Å². The Balaban J connectivity index is 1.52. The largest absolute Gasteiger partial charge is 0.371 e. The highest BCUT2D eigenvalue weighted by Gasteiger charge is 2.44. The van der Waals surface area contributed by atoms with Crippen LogP contribution in [0.5, 0.6) is 0 Å². The number of hydrogen-bond acceptors (Lipinski definition) is 7. The van der Waals surface area contributed by atoms with Gasteiger partial charge in [-0.3, -0.25) is 0 Å². The van der Waals surface area contributed by atoms with Gasteiger partial charge < -0.3 is 20.1 Å². The Morgan fingerprint density at radius 2 is 2.06 bits per heavy atom. The summed E-state index contributed by atoms with van der Waals surface area (Å²) in [6.07, 6.45) is 3.58. The van der Waals surface area contributed by atoms with Crippen molar-refractivity contribution in [3.05, 3.63) is 30.7 Å². The zero-order valence-corrected chi connectivity index (χ0v) is 18.3. The Kier molecular flexibility index (Phi) is 5.31. The third-order valence-corrected chi connectivity index (χ3v) is 5.91. The number of piperidine rings is 1. The van der Waals surface area contributed by atoms with Crippen molar-refractivity contribution in [3.8, 4) is 11.3 Å². The molecular formula is C21H24F3N9. The highest BCUT2D eigenvalue weighted by atomic mass is 19.3. The number of rotatable bonds is 6. The third-order valence-electron chi connectivity index (χ3n) is 5.91. The number of aryl methyl sites for hydroxylation is 1. The molecule has 12 heteroatoms. The van der Waals surface area contributed by atoms with Crippen LogP contribution in [0.1, 0.15) is 6.42 Å². The Hall–Kier alpha value is -3.41. The van der Waals surface area contributed by atoms with E-state index in [1.54, 1.807) is 40.6 Å². The second-order valence-corrected chi connectivity index (χ2v) is 8.21. The molecule has 33 heavy (non-hydrogen) atoms. The molecule has 4 aromatic rings. The van der Waals surface area contributed by atoms with Gasteiger partial charge in [0.2, 0.25) is 5.95 Å². The lowest BCUT2D eigenvalue weighted by atomic mass is 10.0. The van der Waals surface area contributed by atoms with E-state index < -0.39 is 18.6 Å². The highest BCUT2D eigenvalue weighted by Crippen LogP contribution is 2.32. The van der Waals surface area contributed by atoms with Gasteiger partial charge in [-0.05, 0) is 31.7 Å². The molecule has 2 N–H and O–H groups in total. The molecule has 5 rings (SSSR count). The second kappa shape index (κ2) is 8.18. The van der Waals surface area contributed by atoms with E-state index in [0.29, 0.717) is 34.7 Å².